The molecule has 2 rings (SSSR count). The van der Waals surface area contributed by atoms with Crippen molar-refractivity contribution in [3.8, 4) is 11.5 Å². The van der Waals surface area contributed by atoms with Gasteiger partial charge in [-0.05, 0) is 30.7 Å². The lowest BCUT2D eigenvalue weighted by Crippen LogP contribution is -2.41. The summed E-state index contributed by atoms with van der Waals surface area (Å²) in [5.41, 5.74) is 0.902. The molecule has 9 nitrogen and oxygen atoms in total. The van der Waals surface area contributed by atoms with E-state index in [1.165, 1.54) is 18.5 Å². The SMILES string of the molecule is CCCCNC(=O)NC(=O)COC(=O)c1ccc(-c2nnco2)cc1. The number of carbonyl (C=O) groups is 3. The normalized spacial score (nSPS) is 10.1. The van der Waals surface area contributed by atoms with E-state index in [9.17, 15) is 14.4 Å². The summed E-state index contributed by atoms with van der Waals surface area (Å²) in [6, 6.07) is 5.64. The maximum absolute atomic E-state index is 11.9. The van der Waals surface area contributed by atoms with E-state index in [0.717, 1.165) is 12.8 Å². The number of nitrogens with one attached hydrogen (secondary N) is 2. The molecule has 0 radical (unpaired) electrons. The van der Waals surface area contributed by atoms with Crippen molar-refractivity contribution in [1.29, 1.82) is 0 Å². The van der Waals surface area contributed by atoms with Crippen LogP contribution in [0.3, 0.4) is 0 Å². The fourth-order valence-corrected chi connectivity index (χ4v) is 1.85. The predicted molar refractivity (Wildman–Crippen MR) is 86.5 cm³/mol. The minimum atomic E-state index is -0.704. The van der Waals surface area contributed by atoms with Crippen LogP contribution in [0.15, 0.2) is 35.1 Å². The van der Waals surface area contributed by atoms with Crippen LogP contribution in [0.4, 0.5) is 4.79 Å². The molecule has 0 bridgehead atoms. The Kier molecular flexibility index (Phi) is 6.64. The number of aromatic nitrogens is 2. The summed E-state index contributed by atoms with van der Waals surface area (Å²) >= 11 is 0. The second-order valence-corrected chi connectivity index (χ2v) is 5.05. The molecule has 2 N–H and O–H groups in total. The highest BCUT2D eigenvalue weighted by Gasteiger charge is 2.13. The van der Waals surface area contributed by atoms with E-state index in [1.54, 1.807) is 12.1 Å². The summed E-state index contributed by atoms with van der Waals surface area (Å²) in [5.74, 6) is -1.06. The fraction of sp³-hybridized carbons (Fsp3) is 0.312. The summed E-state index contributed by atoms with van der Waals surface area (Å²) in [6.45, 7) is 1.91. The van der Waals surface area contributed by atoms with Crippen molar-refractivity contribution in [2.24, 2.45) is 0 Å². The van der Waals surface area contributed by atoms with Gasteiger partial charge in [0.05, 0.1) is 5.56 Å². The highest BCUT2D eigenvalue weighted by atomic mass is 16.5. The van der Waals surface area contributed by atoms with E-state index in [2.05, 4.69) is 20.8 Å². The third kappa shape index (κ3) is 5.72. The lowest BCUT2D eigenvalue weighted by molar-refractivity contribution is -0.123. The second kappa shape index (κ2) is 9.16. The molecule has 1 aromatic heterocycles. The Labute approximate surface area is 143 Å². The molecule has 0 spiro atoms. The molecule has 0 fully saturated rings. The summed E-state index contributed by atoms with van der Waals surface area (Å²) < 4.78 is 9.91. The first-order valence-corrected chi connectivity index (χ1v) is 7.71. The topological polar surface area (TPSA) is 123 Å². The molecule has 0 atom stereocenters. The molecular weight excluding hydrogens is 328 g/mol. The van der Waals surface area contributed by atoms with E-state index >= 15 is 0 Å². The molecule has 2 aromatic rings. The number of benzene rings is 1. The van der Waals surface area contributed by atoms with Gasteiger partial charge in [0, 0.05) is 12.1 Å². The number of amides is 3. The van der Waals surface area contributed by atoms with Crippen LogP contribution in [0.2, 0.25) is 0 Å². The molecule has 3 amide bonds. The van der Waals surface area contributed by atoms with Gasteiger partial charge in [-0.1, -0.05) is 13.3 Å². The van der Waals surface area contributed by atoms with Gasteiger partial charge in [-0.25, -0.2) is 9.59 Å². The van der Waals surface area contributed by atoms with Crippen molar-refractivity contribution in [3.05, 3.63) is 36.2 Å². The zero-order valence-electron chi connectivity index (χ0n) is 13.7. The minimum absolute atomic E-state index is 0.253. The average Bonchev–Trinajstić information content (AvgIpc) is 3.14. The van der Waals surface area contributed by atoms with Crippen LogP contribution in [0.25, 0.3) is 11.5 Å². The van der Waals surface area contributed by atoms with Gasteiger partial charge < -0.3 is 14.5 Å². The summed E-state index contributed by atoms with van der Waals surface area (Å²) in [4.78, 5) is 34.8. The smallest absolute Gasteiger partial charge is 0.338 e. The molecule has 9 heteroatoms. The molecule has 25 heavy (non-hydrogen) atoms. The Balaban J connectivity index is 1.78. The van der Waals surface area contributed by atoms with Gasteiger partial charge in [0.25, 0.3) is 5.91 Å². The lowest BCUT2D eigenvalue weighted by Gasteiger charge is -2.07. The van der Waals surface area contributed by atoms with Gasteiger partial charge in [-0.3, -0.25) is 10.1 Å². The molecule has 0 unspecified atom stereocenters. The van der Waals surface area contributed by atoms with Crippen LogP contribution in [-0.4, -0.2) is 41.3 Å². The Morgan fingerprint density at radius 3 is 2.60 bits per heavy atom. The van der Waals surface area contributed by atoms with E-state index < -0.39 is 24.5 Å². The number of unbranched alkanes of at least 4 members (excludes halogenated alkanes) is 1. The van der Waals surface area contributed by atoms with E-state index in [-0.39, 0.29) is 5.56 Å². The summed E-state index contributed by atoms with van der Waals surface area (Å²) in [6.07, 6.45) is 2.95. The van der Waals surface area contributed by atoms with Gasteiger partial charge >= 0.3 is 12.0 Å². The number of imide groups is 1. The highest BCUT2D eigenvalue weighted by molar-refractivity contribution is 5.97. The zero-order valence-corrected chi connectivity index (χ0v) is 13.7. The highest BCUT2D eigenvalue weighted by Crippen LogP contribution is 2.16. The van der Waals surface area contributed by atoms with Crippen LogP contribution in [0.5, 0.6) is 0 Å². The monoisotopic (exact) mass is 346 g/mol. The van der Waals surface area contributed by atoms with Gasteiger partial charge in [0.1, 0.15) is 0 Å². The molecule has 0 saturated carbocycles. The van der Waals surface area contributed by atoms with Crippen LogP contribution >= 0.6 is 0 Å². The molecule has 1 heterocycles. The van der Waals surface area contributed by atoms with Gasteiger partial charge in [0.2, 0.25) is 12.3 Å². The Morgan fingerprint density at radius 1 is 1.20 bits per heavy atom. The molecule has 0 aliphatic carbocycles. The maximum Gasteiger partial charge on any atom is 0.338 e. The number of carbonyl (C=O) groups excluding carboxylic acids is 3. The molecule has 0 aliphatic rings. The van der Waals surface area contributed by atoms with Crippen molar-refractivity contribution in [2.75, 3.05) is 13.2 Å². The van der Waals surface area contributed by atoms with E-state index in [1.807, 2.05) is 6.92 Å². The molecular formula is C16H18N4O5. The van der Waals surface area contributed by atoms with Gasteiger partial charge in [-0.2, -0.15) is 0 Å². The number of ether oxygens (including phenoxy) is 1. The number of rotatable bonds is 7. The van der Waals surface area contributed by atoms with Crippen molar-refractivity contribution >= 4 is 17.9 Å². The third-order valence-electron chi connectivity index (χ3n) is 3.13. The van der Waals surface area contributed by atoms with Crippen LogP contribution < -0.4 is 10.6 Å². The lowest BCUT2D eigenvalue weighted by atomic mass is 10.1. The number of esters is 1. The largest absolute Gasteiger partial charge is 0.452 e. The van der Waals surface area contributed by atoms with Crippen LogP contribution in [0.1, 0.15) is 30.1 Å². The molecule has 132 valence electrons. The zero-order chi connectivity index (χ0) is 18.1. The summed E-state index contributed by atoms with van der Waals surface area (Å²) in [7, 11) is 0. The Morgan fingerprint density at radius 2 is 1.96 bits per heavy atom. The first-order valence-electron chi connectivity index (χ1n) is 7.71. The summed E-state index contributed by atoms with van der Waals surface area (Å²) in [5, 5.41) is 11.9. The Bertz CT molecular complexity index is 713. The van der Waals surface area contributed by atoms with Crippen molar-refractivity contribution < 1.29 is 23.5 Å². The average molecular weight is 346 g/mol. The quantitative estimate of drug-likeness (QED) is 0.575. The molecule has 0 saturated heterocycles. The fourth-order valence-electron chi connectivity index (χ4n) is 1.85. The standard InChI is InChI=1S/C16H18N4O5/c1-2-3-8-17-16(23)19-13(21)9-24-15(22)12-6-4-11(5-7-12)14-20-18-10-25-14/h4-7,10H,2-3,8-9H2,1H3,(H2,17,19,21,23). The van der Waals surface area contributed by atoms with Crippen molar-refractivity contribution in [3.63, 3.8) is 0 Å². The van der Waals surface area contributed by atoms with E-state index in [4.69, 9.17) is 9.15 Å². The number of hydrogen-bond acceptors (Lipinski definition) is 7. The number of nitrogens with zero attached hydrogens (tertiary/aromatic N) is 2. The third-order valence-corrected chi connectivity index (χ3v) is 3.13. The number of urea groups is 1. The van der Waals surface area contributed by atoms with Crippen molar-refractivity contribution in [1.82, 2.24) is 20.8 Å². The number of hydrogen-bond donors (Lipinski definition) is 2. The first-order chi connectivity index (χ1) is 12.1. The van der Waals surface area contributed by atoms with Gasteiger partial charge in [0.15, 0.2) is 6.61 Å². The van der Waals surface area contributed by atoms with E-state index in [0.29, 0.717) is 18.0 Å². The predicted octanol–water partition coefficient (Wildman–Crippen LogP) is 1.52. The van der Waals surface area contributed by atoms with Crippen LogP contribution in [0, 0.1) is 0 Å². The van der Waals surface area contributed by atoms with Gasteiger partial charge in [-0.15, -0.1) is 10.2 Å². The Hall–Kier alpha value is -3.23. The van der Waals surface area contributed by atoms with Crippen LogP contribution in [-0.2, 0) is 9.53 Å². The second-order valence-electron chi connectivity index (χ2n) is 5.05. The maximum atomic E-state index is 11.9. The minimum Gasteiger partial charge on any atom is -0.452 e. The molecule has 0 aliphatic heterocycles. The van der Waals surface area contributed by atoms with Crippen molar-refractivity contribution in [2.45, 2.75) is 19.8 Å². The first kappa shape index (κ1) is 18.1. The molecule has 1 aromatic carbocycles.